The predicted octanol–water partition coefficient (Wildman–Crippen LogP) is 1.96. The third-order valence-electron chi connectivity index (χ3n) is 3.40. The topological polar surface area (TPSA) is 90.7 Å². The number of alkyl carbamates (subject to hydrolysis) is 1. The van der Waals surface area contributed by atoms with Crippen LogP contribution in [0.25, 0.3) is 0 Å². The summed E-state index contributed by atoms with van der Waals surface area (Å²) in [5, 5.41) is 2.89. The Balaban J connectivity index is 2.23. The zero-order valence-electron chi connectivity index (χ0n) is 13.5. The van der Waals surface area contributed by atoms with Gasteiger partial charge in [0.1, 0.15) is 11.6 Å². The molecule has 0 spiro atoms. The van der Waals surface area contributed by atoms with E-state index in [4.69, 9.17) is 15.2 Å². The fraction of sp³-hybridized carbons (Fsp3) is 0.867. The minimum Gasteiger partial charge on any atom is -0.464 e. The second-order valence-electron chi connectivity index (χ2n) is 6.78. The van der Waals surface area contributed by atoms with E-state index in [-0.39, 0.29) is 18.1 Å². The highest BCUT2D eigenvalue weighted by atomic mass is 16.6. The quantitative estimate of drug-likeness (QED) is 0.774. The van der Waals surface area contributed by atoms with Gasteiger partial charge in [-0.2, -0.15) is 0 Å². The van der Waals surface area contributed by atoms with E-state index in [0.717, 1.165) is 25.7 Å². The first-order chi connectivity index (χ1) is 9.67. The van der Waals surface area contributed by atoms with Gasteiger partial charge < -0.3 is 20.5 Å². The van der Waals surface area contributed by atoms with Crippen molar-refractivity contribution < 1.29 is 19.1 Å². The first kappa shape index (κ1) is 17.8. The Bertz CT molecular complexity index is 355. The number of nitrogens with one attached hydrogen (secondary N) is 1. The molecular weight excluding hydrogens is 272 g/mol. The van der Waals surface area contributed by atoms with Crippen LogP contribution in [0, 0.1) is 5.92 Å². The number of carbonyl (C=O) groups is 2. The van der Waals surface area contributed by atoms with Gasteiger partial charge in [-0.3, -0.25) is 4.79 Å². The van der Waals surface area contributed by atoms with Crippen molar-refractivity contribution in [2.45, 2.75) is 71.1 Å². The molecule has 0 unspecified atom stereocenters. The Kier molecular flexibility index (Phi) is 6.45. The summed E-state index contributed by atoms with van der Waals surface area (Å²) in [5.74, 6) is -0.00612. The van der Waals surface area contributed by atoms with Crippen molar-refractivity contribution in [3.63, 3.8) is 0 Å². The lowest BCUT2D eigenvalue weighted by atomic mass is 9.86. The Morgan fingerprint density at radius 1 is 1.24 bits per heavy atom. The van der Waals surface area contributed by atoms with E-state index in [2.05, 4.69) is 5.32 Å². The number of amides is 1. The molecule has 1 saturated carbocycles. The van der Waals surface area contributed by atoms with Gasteiger partial charge in [0.2, 0.25) is 0 Å². The Labute approximate surface area is 126 Å². The van der Waals surface area contributed by atoms with E-state index in [1.807, 2.05) is 20.8 Å². The molecule has 0 bridgehead atoms. The monoisotopic (exact) mass is 300 g/mol. The van der Waals surface area contributed by atoms with Gasteiger partial charge in [0.25, 0.3) is 0 Å². The van der Waals surface area contributed by atoms with E-state index in [9.17, 15) is 9.59 Å². The van der Waals surface area contributed by atoms with E-state index in [0.29, 0.717) is 12.5 Å². The Morgan fingerprint density at radius 3 is 2.29 bits per heavy atom. The molecule has 1 amide bonds. The molecule has 6 nitrogen and oxygen atoms in total. The van der Waals surface area contributed by atoms with Gasteiger partial charge in [-0.05, 0) is 59.3 Å². The lowest BCUT2D eigenvalue weighted by molar-refractivity contribution is -0.146. The van der Waals surface area contributed by atoms with E-state index in [1.165, 1.54) is 0 Å². The zero-order chi connectivity index (χ0) is 16.0. The lowest BCUT2D eigenvalue weighted by Crippen LogP contribution is -2.41. The zero-order valence-corrected chi connectivity index (χ0v) is 13.5. The normalized spacial score (nSPS) is 24.0. The highest BCUT2D eigenvalue weighted by molar-refractivity contribution is 5.74. The summed E-state index contributed by atoms with van der Waals surface area (Å²) >= 11 is 0. The summed E-state index contributed by atoms with van der Waals surface area (Å²) in [6, 6.07) is -0.435. The third kappa shape index (κ3) is 7.32. The van der Waals surface area contributed by atoms with E-state index >= 15 is 0 Å². The van der Waals surface area contributed by atoms with Crippen LogP contribution in [0.5, 0.6) is 0 Å². The van der Waals surface area contributed by atoms with Crippen molar-refractivity contribution in [3.05, 3.63) is 0 Å². The maximum absolute atomic E-state index is 11.7. The molecule has 0 saturated heterocycles. The first-order valence-corrected chi connectivity index (χ1v) is 7.59. The molecule has 0 aromatic heterocycles. The molecule has 0 aromatic rings. The van der Waals surface area contributed by atoms with Crippen molar-refractivity contribution >= 4 is 12.1 Å². The summed E-state index contributed by atoms with van der Waals surface area (Å²) in [6.07, 6.45) is 3.23. The van der Waals surface area contributed by atoms with Crippen molar-refractivity contribution in [3.8, 4) is 0 Å². The predicted molar refractivity (Wildman–Crippen MR) is 79.7 cm³/mol. The van der Waals surface area contributed by atoms with Crippen LogP contribution in [-0.4, -0.2) is 36.4 Å². The smallest absolute Gasteiger partial charge is 0.407 e. The van der Waals surface area contributed by atoms with Crippen LogP contribution in [0.3, 0.4) is 0 Å². The SMILES string of the molecule is C[C@H](N)C(=O)OCC1CCC(NC(=O)OC(C)(C)C)CC1. The van der Waals surface area contributed by atoms with Crippen molar-refractivity contribution in [1.82, 2.24) is 5.32 Å². The summed E-state index contributed by atoms with van der Waals surface area (Å²) in [6.45, 7) is 7.56. The maximum Gasteiger partial charge on any atom is 0.407 e. The van der Waals surface area contributed by atoms with Gasteiger partial charge >= 0.3 is 12.1 Å². The summed E-state index contributed by atoms with van der Waals surface area (Å²) in [7, 11) is 0. The number of hydrogen-bond donors (Lipinski definition) is 2. The second-order valence-corrected chi connectivity index (χ2v) is 6.78. The van der Waals surface area contributed by atoms with Gasteiger partial charge in [0.15, 0.2) is 0 Å². The maximum atomic E-state index is 11.7. The average molecular weight is 300 g/mol. The highest BCUT2D eigenvalue weighted by Gasteiger charge is 2.25. The van der Waals surface area contributed by atoms with Crippen molar-refractivity contribution in [2.75, 3.05) is 6.61 Å². The molecule has 21 heavy (non-hydrogen) atoms. The van der Waals surface area contributed by atoms with Crippen LogP contribution < -0.4 is 11.1 Å². The number of esters is 1. The molecule has 0 heterocycles. The van der Waals surface area contributed by atoms with Crippen molar-refractivity contribution in [2.24, 2.45) is 11.7 Å². The molecule has 6 heteroatoms. The number of ether oxygens (including phenoxy) is 2. The molecule has 0 aliphatic heterocycles. The summed E-state index contributed by atoms with van der Waals surface area (Å²) in [4.78, 5) is 23.0. The van der Waals surface area contributed by atoms with Crippen LogP contribution in [-0.2, 0) is 14.3 Å². The van der Waals surface area contributed by atoms with Crippen molar-refractivity contribution in [1.29, 1.82) is 0 Å². The number of hydrogen-bond acceptors (Lipinski definition) is 5. The van der Waals surface area contributed by atoms with Crippen LogP contribution in [0.2, 0.25) is 0 Å². The van der Waals surface area contributed by atoms with Gasteiger partial charge in [-0.25, -0.2) is 4.79 Å². The molecule has 1 rings (SSSR count). The fourth-order valence-electron chi connectivity index (χ4n) is 2.28. The third-order valence-corrected chi connectivity index (χ3v) is 3.40. The van der Waals surface area contributed by atoms with Crippen LogP contribution in [0.15, 0.2) is 0 Å². The first-order valence-electron chi connectivity index (χ1n) is 7.59. The lowest BCUT2D eigenvalue weighted by Gasteiger charge is -2.29. The average Bonchev–Trinajstić information content (AvgIpc) is 2.35. The number of rotatable bonds is 4. The van der Waals surface area contributed by atoms with Gasteiger partial charge in [0, 0.05) is 6.04 Å². The molecule has 1 aliphatic carbocycles. The number of carbonyl (C=O) groups excluding carboxylic acids is 2. The molecule has 3 N–H and O–H groups in total. The van der Waals surface area contributed by atoms with Crippen LogP contribution in [0.1, 0.15) is 53.4 Å². The summed E-state index contributed by atoms with van der Waals surface area (Å²) < 4.78 is 10.4. The molecule has 122 valence electrons. The Morgan fingerprint density at radius 2 is 1.81 bits per heavy atom. The molecule has 1 fully saturated rings. The van der Waals surface area contributed by atoms with Crippen LogP contribution in [0.4, 0.5) is 4.79 Å². The summed E-state index contributed by atoms with van der Waals surface area (Å²) in [5.41, 5.74) is 4.97. The highest BCUT2D eigenvalue weighted by Crippen LogP contribution is 2.25. The standard InChI is InChI=1S/C15H28N2O4/c1-10(16)13(18)20-9-11-5-7-12(8-6-11)17-14(19)21-15(2,3)4/h10-12H,5-9,16H2,1-4H3,(H,17,19)/t10-,11?,12?/m0/s1. The van der Waals surface area contributed by atoms with Gasteiger partial charge in [-0.1, -0.05) is 0 Å². The molecule has 0 radical (unpaired) electrons. The fourth-order valence-corrected chi connectivity index (χ4v) is 2.28. The van der Waals surface area contributed by atoms with Gasteiger partial charge in [-0.15, -0.1) is 0 Å². The largest absolute Gasteiger partial charge is 0.464 e. The van der Waals surface area contributed by atoms with Crippen LogP contribution >= 0.6 is 0 Å². The molecule has 1 aliphatic rings. The van der Waals surface area contributed by atoms with Gasteiger partial charge in [0.05, 0.1) is 6.61 Å². The number of nitrogens with two attached hydrogens (primary N) is 1. The minimum absolute atomic E-state index is 0.139. The molecular formula is C15H28N2O4. The molecule has 0 aromatic carbocycles. The minimum atomic E-state index is -0.574. The van der Waals surface area contributed by atoms with E-state index < -0.39 is 11.6 Å². The molecule has 1 atom stereocenters. The van der Waals surface area contributed by atoms with E-state index in [1.54, 1.807) is 6.92 Å². The second kappa shape index (κ2) is 7.64. The Hall–Kier alpha value is -1.30.